The molecule has 1 amide bonds. The molecule has 0 aliphatic carbocycles. The minimum absolute atomic E-state index is 0.00136. The molecular weight excluding hydrogens is 388 g/mol. The second kappa shape index (κ2) is 7.96. The summed E-state index contributed by atoms with van der Waals surface area (Å²) in [6.45, 7) is 1.99. The Morgan fingerprint density at radius 2 is 1.83 bits per heavy atom. The number of sulfonamides is 1. The largest absolute Gasteiger partial charge is 0.331 e. The molecule has 0 bridgehead atoms. The predicted octanol–water partition coefficient (Wildman–Crippen LogP) is 2.73. The molecule has 7 nitrogen and oxygen atoms in total. The van der Waals surface area contributed by atoms with Crippen molar-refractivity contribution >= 4 is 32.7 Å². The number of nitrogens with zero attached hydrogens (tertiary/aromatic N) is 4. The second-order valence-electron chi connectivity index (χ2n) is 7.32. The molecule has 0 aliphatic heterocycles. The number of carbonyl (C=O) groups is 1. The highest BCUT2D eigenvalue weighted by atomic mass is 32.2. The number of amides is 1. The van der Waals surface area contributed by atoms with Gasteiger partial charge in [0.25, 0.3) is 0 Å². The number of fused-ring (bicyclic) bond motifs is 1. The summed E-state index contributed by atoms with van der Waals surface area (Å²) in [5, 5.41) is 0. The molecule has 154 valence electrons. The molecular formula is C21H26N4O3S. The van der Waals surface area contributed by atoms with Crippen molar-refractivity contribution in [1.82, 2.24) is 13.9 Å². The SMILES string of the molecule is Cc1cccc(N(C)C(=O)CCc2nc3cc(S(=O)(=O)N(C)C)ccc3n2C)c1. The first kappa shape index (κ1) is 21.0. The Morgan fingerprint density at radius 1 is 1.10 bits per heavy atom. The first-order valence-corrected chi connectivity index (χ1v) is 10.8. The predicted molar refractivity (Wildman–Crippen MR) is 114 cm³/mol. The molecule has 0 aliphatic rings. The average Bonchev–Trinajstić information content (AvgIpc) is 3.00. The maximum Gasteiger partial charge on any atom is 0.242 e. The molecule has 29 heavy (non-hydrogen) atoms. The fraction of sp³-hybridized carbons (Fsp3) is 0.333. The van der Waals surface area contributed by atoms with Crippen LogP contribution in [0.4, 0.5) is 5.69 Å². The normalized spacial score (nSPS) is 11.9. The molecule has 2 aromatic carbocycles. The van der Waals surface area contributed by atoms with Crippen molar-refractivity contribution in [3.8, 4) is 0 Å². The van der Waals surface area contributed by atoms with E-state index >= 15 is 0 Å². The van der Waals surface area contributed by atoms with Gasteiger partial charge in [0.05, 0.1) is 15.9 Å². The zero-order valence-electron chi connectivity index (χ0n) is 17.4. The van der Waals surface area contributed by atoms with Gasteiger partial charge in [0.1, 0.15) is 5.82 Å². The molecule has 0 unspecified atom stereocenters. The van der Waals surface area contributed by atoms with E-state index < -0.39 is 10.0 Å². The summed E-state index contributed by atoms with van der Waals surface area (Å²) in [5.74, 6) is 0.740. The molecule has 0 spiro atoms. The second-order valence-corrected chi connectivity index (χ2v) is 9.47. The monoisotopic (exact) mass is 414 g/mol. The van der Waals surface area contributed by atoms with Gasteiger partial charge in [-0.05, 0) is 42.8 Å². The Kier molecular flexibility index (Phi) is 5.77. The summed E-state index contributed by atoms with van der Waals surface area (Å²) in [5.41, 5.74) is 3.39. The summed E-state index contributed by atoms with van der Waals surface area (Å²) in [4.78, 5) is 19.0. The molecule has 1 aromatic heterocycles. The van der Waals surface area contributed by atoms with Crippen LogP contribution < -0.4 is 4.90 Å². The first-order valence-electron chi connectivity index (χ1n) is 9.32. The minimum Gasteiger partial charge on any atom is -0.331 e. The van der Waals surface area contributed by atoms with Gasteiger partial charge < -0.3 is 9.47 Å². The maximum atomic E-state index is 12.6. The summed E-state index contributed by atoms with van der Waals surface area (Å²) >= 11 is 0. The van der Waals surface area contributed by atoms with Gasteiger partial charge in [-0.1, -0.05) is 12.1 Å². The molecule has 3 rings (SSSR count). The van der Waals surface area contributed by atoms with Crippen LogP contribution in [0.15, 0.2) is 47.4 Å². The van der Waals surface area contributed by atoms with Crippen LogP contribution in [-0.4, -0.2) is 49.3 Å². The van der Waals surface area contributed by atoms with Crippen molar-refractivity contribution in [2.75, 3.05) is 26.0 Å². The smallest absolute Gasteiger partial charge is 0.242 e. The molecule has 0 N–H and O–H groups in total. The molecule has 0 fully saturated rings. The van der Waals surface area contributed by atoms with Crippen LogP contribution in [-0.2, 0) is 28.3 Å². The van der Waals surface area contributed by atoms with Crippen molar-refractivity contribution in [3.05, 3.63) is 53.9 Å². The van der Waals surface area contributed by atoms with E-state index in [0.717, 1.165) is 22.6 Å². The van der Waals surface area contributed by atoms with Crippen molar-refractivity contribution in [1.29, 1.82) is 0 Å². The van der Waals surface area contributed by atoms with Crippen LogP contribution in [0.1, 0.15) is 17.8 Å². The first-order chi connectivity index (χ1) is 13.6. The molecule has 0 radical (unpaired) electrons. The lowest BCUT2D eigenvalue weighted by Gasteiger charge is -2.17. The number of anilines is 1. The van der Waals surface area contributed by atoms with E-state index in [4.69, 9.17) is 0 Å². The fourth-order valence-electron chi connectivity index (χ4n) is 3.19. The third-order valence-electron chi connectivity index (χ3n) is 5.05. The van der Waals surface area contributed by atoms with Crippen molar-refractivity contribution in [3.63, 3.8) is 0 Å². The summed E-state index contributed by atoms with van der Waals surface area (Å²) in [6, 6.07) is 12.7. The Labute approximate surface area is 171 Å². The fourth-order valence-corrected chi connectivity index (χ4v) is 4.11. The quantitative estimate of drug-likeness (QED) is 0.622. The molecule has 0 saturated carbocycles. The van der Waals surface area contributed by atoms with Gasteiger partial charge in [-0.3, -0.25) is 4.79 Å². The van der Waals surface area contributed by atoms with Gasteiger partial charge in [0.2, 0.25) is 15.9 Å². The number of hydrogen-bond donors (Lipinski definition) is 0. The van der Waals surface area contributed by atoms with Crippen LogP contribution in [0.25, 0.3) is 11.0 Å². The van der Waals surface area contributed by atoms with Gasteiger partial charge in [0.15, 0.2) is 0 Å². The van der Waals surface area contributed by atoms with Crippen LogP contribution in [0.5, 0.6) is 0 Å². The van der Waals surface area contributed by atoms with Gasteiger partial charge in [0, 0.05) is 46.7 Å². The van der Waals surface area contributed by atoms with Crippen LogP contribution >= 0.6 is 0 Å². The highest BCUT2D eigenvalue weighted by molar-refractivity contribution is 7.89. The number of aryl methyl sites for hydroxylation is 3. The van der Waals surface area contributed by atoms with E-state index in [-0.39, 0.29) is 10.8 Å². The number of benzene rings is 2. The average molecular weight is 415 g/mol. The van der Waals surface area contributed by atoms with E-state index in [1.54, 1.807) is 30.1 Å². The van der Waals surface area contributed by atoms with Gasteiger partial charge in [-0.25, -0.2) is 17.7 Å². The van der Waals surface area contributed by atoms with Gasteiger partial charge in [-0.15, -0.1) is 0 Å². The van der Waals surface area contributed by atoms with Crippen LogP contribution in [0.3, 0.4) is 0 Å². The van der Waals surface area contributed by atoms with E-state index in [1.165, 1.54) is 18.4 Å². The molecule has 1 heterocycles. The standard InChI is InChI=1S/C21H26N4O3S/c1-15-7-6-8-16(13-15)24(4)21(26)12-11-20-22-18-14-17(29(27,28)23(2)3)9-10-19(18)25(20)5/h6-10,13-14H,11-12H2,1-5H3. The lowest BCUT2D eigenvalue weighted by molar-refractivity contribution is -0.118. The zero-order chi connectivity index (χ0) is 21.3. The van der Waals surface area contributed by atoms with Gasteiger partial charge in [-0.2, -0.15) is 0 Å². The Balaban J connectivity index is 1.80. The Bertz CT molecular complexity index is 1170. The Hall–Kier alpha value is -2.71. The molecule has 8 heteroatoms. The van der Waals surface area contributed by atoms with E-state index in [9.17, 15) is 13.2 Å². The maximum absolute atomic E-state index is 12.6. The highest BCUT2D eigenvalue weighted by Crippen LogP contribution is 2.22. The number of rotatable bonds is 6. The highest BCUT2D eigenvalue weighted by Gasteiger charge is 2.19. The van der Waals surface area contributed by atoms with Gasteiger partial charge >= 0.3 is 0 Å². The molecule has 0 saturated heterocycles. The number of hydrogen-bond acceptors (Lipinski definition) is 4. The number of imidazole rings is 1. The van der Waals surface area contributed by atoms with Crippen LogP contribution in [0.2, 0.25) is 0 Å². The van der Waals surface area contributed by atoms with Crippen molar-refractivity contribution in [2.45, 2.75) is 24.7 Å². The molecule has 3 aromatic rings. The number of carbonyl (C=O) groups excluding carboxylic acids is 1. The Morgan fingerprint density at radius 3 is 2.48 bits per heavy atom. The van der Waals surface area contributed by atoms with E-state index in [2.05, 4.69) is 4.98 Å². The topological polar surface area (TPSA) is 75.5 Å². The summed E-state index contributed by atoms with van der Waals surface area (Å²) < 4.78 is 27.8. The third-order valence-corrected chi connectivity index (χ3v) is 6.86. The zero-order valence-corrected chi connectivity index (χ0v) is 18.2. The lowest BCUT2D eigenvalue weighted by Crippen LogP contribution is -2.26. The van der Waals surface area contributed by atoms with E-state index in [0.29, 0.717) is 18.4 Å². The molecule has 0 atom stereocenters. The van der Waals surface area contributed by atoms with Crippen molar-refractivity contribution in [2.24, 2.45) is 7.05 Å². The van der Waals surface area contributed by atoms with Crippen LogP contribution in [0, 0.1) is 6.92 Å². The third kappa shape index (κ3) is 4.18. The van der Waals surface area contributed by atoms with E-state index in [1.807, 2.05) is 42.8 Å². The minimum atomic E-state index is -3.52. The summed E-state index contributed by atoms with van der Waals surface area (Å²) in [7, 11) is 3.12. The van der Waals surface area contributed by atoms with Crippen molar-refractivity contribution < 1.29 is 13.2 Å². The summed E-state index contributed by atoms with van der Waals surface area (Å²) in [6.07, 6.45) is 0.778. The lowest BCUT2D eigenvalue weighted by atomic mass is 10.2. The number of aromatic nitrogens is 2.